The van der Waals surface area contributed by atoms with Gasteiger partial charge in [0.15, 0.2) is 0 Å². The molecule has 0 aliphatic rings. The van der Waals surface area contributed by atoms with Crippen LogP contribution in [0.25, 0.3) is 0 Å². The van der Waals surface area contributed by atoms with Gasteiger partial charge in [0, 0.05) is 18.2 Å². The third-order valence-corrected chi connectivity index (χ3v) is 2.80. The number of nitrogens with two attached hydrogens (primary N) is 1. The summed E-state index contributed by atoms with van der Waals surface area (Å²) >= 11 is 11.5. The molecule has 2 aromatic rings. The molecule has 1 aromatic heterocycles. The molecule has 0 unspecified atom stereocenters. The largest absolute Gasteiger partial charge is 0.430 e. The fraction of sp³-hybridized carbons (Fsp3) is 0. The number of halogens is 2. The van der Waals surface area contributed by atoms with Gasteiger partial charge in [0.1, 0.15) is 5.82 Å². The van der Waals surface area contributed by atoms with Crippen molar-refractivity contribution >= 4 is 34.7 Å². The van der Waals surface area contributed by atoms with Gasteiger partial charge < -0.3 is 10.5 Å². The molecule has 1 aromatic carbocycles. The van der Waals surface area contributed by atoms with Crippen LogP contribution in [0.4, 0.5) is 11.5 Å². The van der Waals surface area contributed by atoms with E-state index < -0.39 is 4.92 Å². The van der Waals surface area contributed by atoms with Gasteiger partial charge in [0.05, 0.1) is 15.0 Å². The maximum Gasteiger partial charge on any atom is 0.313 e. The number of nitro benzene ring substituents is 1. The molecule has 0 amide bonds. The average molecular weight is 301 g/mol. The van der Waals surface area contributed by atoms with E-state index in [1.807, 2.05) is 0 Å². The summed E-state index contributed by atoms with van der Waals surface area (Å²) in [5.41, 5.74) is 5.04. The lowest BCUT2D eigenvalue weighted by molar-refractivity contribution is -0.385. The van der Waals surface area contributed by atoms with Crippen molar-refractivity contribution in [3.8, 4) is 11.6 Å². The standard InChI is InChI=1S/C10H6Cl2N4O3/c11-5-3-7(16(17)18)8(4-6(5)12)19-10-2-1-9(13)14-15-10/h1-4H,(H2,13,14). The summed E-state index contributed by atoms with van der Waals surface area (Å²) in [6, 6.07) is 5.21. The maximum absolute atomic E-state index is 10.9. The van der Waals surface area contributed by atoms with Crippen LogP contribution < -0.4 is 10.5 Å². The molecule has 7 nitrogen and oxygen atoms in total. The van der Waals surface area contributed by atoms with Crippen molar-refractivity contribution in [3.05, 3.63) is 44.4 Å². The Balaban J connectivity index is 2.41. The van der Waals surface area contributed by atoms with E-state index in [2.05, 4.69) is 10.2 Å². The number of aromatic nitrogens is 2. The molecule has 0 spiro atoms. The molecule has 0 bridgehead atoms. The van der Waals surface area contributed by atoms with Crippen LogP contribution in [-0.2, 0) is 0 Å². The lowest BCUT2D eigenvalue weighted by atomic mass is 10.3. The number of hydrogen-bond donors (Lipinski definition) is 1. The van der Waals surface area contributed by atoms with Crippen molar-refractivity contribution in [2.24, 2.45) is 0 Å². The van der Waals surface area contributed by atoms with E-state index in [4.69, 9.17) is 33.7 Å². The first kappa shape index (κ1) is 13.3. The molecule has 2 N–H and O–H groups in total. The predicted octanol–water partition coefficient (Wildman–Crippen LogP) is 3.07. The smallest absolute Gasteiger partial charge is 0.313 e. The van der Waals surface area contributed by atoms with Crippen molar-refractivity contribution in [2.75, 3.05) is 5.73 Å². The van der Waals surface area contributed by atoms with Gasteiger partial charge in [-0.3, -0.25) is 10.1 Å². The van der Waals surface area contributed by atoms with Crippen LogP contribution in [0.1, 0.15) is 0 Å². The molecule has 0 fully saturated rings. The lowest BCUT2D eigenvalue weighted by Gasteiger charge is -2.06. The molecule has 1 heterocycles. The molecule has 0 radical (unpaired) electrons. The number of rotatable bonds is 3. The van der Waals surface area contributed by atoms with Crippen LogP contribution in [0.15, 0.2) is 24.3 Å². The summed E-state index contributed by atoms with van der Waals surface area (Å²) < 4.78 is 5.25. The number of nitrogens with zero attached hydrogens (tertiary/aromatic N) is 3. The summed E-state index contributed by atoms with van der Waals surface area (Å²) in [4.78, 5) is 10.3. The number of nitrogen functional groups attached to an aromatic ring is 1. The first-order valence-electron chi connectivity index (χ1n) is 4.88. The first-order chi connectivity index (χ1) is 8.97. The highest BCUT2D eigenvalue weighted by Crippen LogP contribution is 2.37. The third-order valence-electron chi connectivity index (χ3n) is 2.07. The van der Waals surface area contributed by atoms with Crippen LogP contribution in [-0.4, -0.2) is 15.1 Å². The van der Waals surface area contributed by atoms with Crippen molar-refractivity contribution in [1.29, 1.82) is 0 Å². The van der Waals surface area contributed by atoms with Crippen LogP contribution >= 0.6 is 23.2 Å². The minimum Gasteiger partial charge on any atom is -0.430 e. The van der Waals surface area contributed by atoms with Crippen LogP contribution in [0, 0.1) is 10.1 Å². The Morgan fingerprint density at radius 1 is 1.21 bits per heavy atom. The Hall–Kier alpha value is -2.12. The molecule has 0 saturated heterocycles. The van der Waals surface area contributed by atoms with E-state index in [1.165, 1.54) is 18.2 Å². The summed E-state index contributed by atoms with van der Waals surface area (Å²) in [5.74, 6) is 0.171. The fourth-order valence-electron chi connectivity index (χ4n) is 1.24. The van der Waals surface area contributed by atoms with Crippen molar-refractivity contribution < 1.29 is 9.66 Å². The fourth-order valence-corrected chi connectivity index (χ4v) is 1.55. The van der Waals surface area contributed by atoms with Crippen LogP contribution in [0.3, 0.4) is 0 Å². The second-order valence-corrected chi connectivity index (χ2v) is 4.20. The zero-order chi connectivity index (χ0) is 14.0. The SMILES string of the molecule is Nc1ccc(Oc2cc(Cl)c(Cl)cc2[N+](=O)[O-])nn1. The number of ether oxygens (including phenoxy) is 1. The topological polar surface area (TPSA) is 104 Å². The minimum absolute atomic E-state index is 0.0516. The highest BCUT2D eigenvalue weighted by molar-refractivity contribution is 6.42. The van der Waals surface area contributed by atoms with Gasteiger partial charge in [0.25, 0.3) is 0 Å². The second kappa shape index (κ2) is 5.25. The molecule has 2 rings (SSSR count). The highest BCUT2D eigenvalue weighted by atomic mass is 35.5. The van der Waals surface area contributed by atoms with Gasteiger partial charge in [-0.25, -0.2) is 0 Å². The monoisotopic (exact) mass is 300 g/mol. The van der Waals surface area contributed by atoms with E-state index >= 15 is 0 Å². The normalized spacial score (nSPS) is 10.2. The molecule has 9 heteroatoms. The highest BCUT2D eigenvalue weighted by Gasteiger charge is 2.19. The van der Waals surface area contributed by atoms with E-state index in [1.54, 1.807) is 0 Å². The maximum atomic E-state index is 10.9. The summed E-state index contributed by atoms with van der Waals surface area (Å²) in [7, 11) is 0. The molecule has 98 valence electrons. The molecule has 0 aliphatic heterocycles. The number of hydrogen-bond acceptors (Lipinski definition) is 6. The number of nitro groups is 1. The predicted molar refractivity (Wildman–Crippen MR) is 69.6 cm³/mol. The Morgan fingerprint density at radius 3 is 2.47 bits per heavy atom. The van der Waals surface area contributed by atoms with Gasteiger partial charge >= 0.3 is 5.69 Å². The van der Waals surface area contributed by atoms with Crippen LogP contribution in [0.5, 0.6) is 11.6 Å². The van der Waals surface area contributed by atoms with Gasteiger partial charge in [0.2, 0.25) is 11.6 Å². The van der Waals surface area contributed by atoms with Gasteiger partial charge in [-0.05, 0) is 6.07 Å². The van der Waals surface area contributed by atoms with E-state index in [0.717, 1.165) is 6.07 Å². The van der Waals surface area contributed by atoms with E-state index in [-0.39, 0.29) is 33.2 Å². The van der Waals surface area contributed by atoms with E-state index in [9.17, 15) is 10.1 Å². The zero-order valence-corrected chi connectivity index (χ0v) is 10.7. The molecule has 0 aliphatic carbocycles. The Bertz CT molecular complexity index is 633. The Labute approximate surface area is 117 Å². The third kappa shape index (κ3) is 3.01. The molecule has 0 saturated carbocycles. The molecular weight excluding hydrogens is 295 g/mol. The van der Waals surface area contributed by atoms with Crippen molar-refractivity contribution in [3.63, 3.8) is 0 Å². The van der Waals surface area contributed by atoms with Crippen LogP contribution in [0.2, 0.25) is 10.0 Å². The van der Waals surface area contributed by atoms with Gasteiger partial charge in [-0.1, -0.05) is 23.2 Å². The molecular formula is C10H6Cl2N4O3. The average Bonchev–Trinajstić information content (AvgIpc) is 2.36. The van der Waals surface area contributed by atoms with Crippen molar-refractivity contribution in [2.45, 2.75) is 0 Å². The molecule has 19 heavy (non-hydrogen) atoms. The molecule has 0 atom stereocenters. The quantitative estimate of drug-likeness (QED) is 0.690. The number of anilines is 1. The van der Waals surface area contributed by atoms with E-state index in [0.29, 0.717) is 0 Å². The van der Waals surface area contributed by atoms with Crippen molar-refractivity contribution in [1.82, 2.24) is 10.2 Å². The Morgan fingerprint density at radius 2 is 1.89 bits per heavy atom. The first-order valence-corrected chi connectivity index (χ1v) is 5.63. The number of benzene rings is 1. The second-order valence-electron chi connectivity index (χ2n) is 3.39. The minimum atomic E-state index is -0.637. The van der Waals surface area contributed by atoms with Gasteiger partial charge in [-0.2, -0.15) is 0 Å². The Kier molecular flexibility index (Phi) is 3.68. The summed E-state index contributed by atoms with van der Waals surface area (Å²) in [6.07, 6.45) is 0. The summed E-state index contributed by atoms with van der Waals surface area (Å²) in [6.45, 7) is 0. The summed E-state index contributed by atoms with van der Waals surface area (Å²) in [5, 5.41) is 18.3. The zero-order valence-electron chi connectivity index (χ0n) is 9.21. The van der Waals surface area contributed by atoms with Gasteiger partial charge in [-0.15, -0.1) is 10.2 Å². The lowest BCUT2D eigenvalue weighted by Crippen LogP contribution is -1.97.